The Morgan fingerprint density at radius 3 is 2.81 bits per heavy atom. The maximum atomic E-state index is 12.9. The molecule has 8 nitrogen and oxygen atoms in total. The van der Waals surface area contributed by atoms with Crippen LogP contribution in [0, 0.1) is 12.8 Å². The van der Waals surface area contributed by atoms with Crippen molar-refractivity contribution in [3.05, 3.63) is 5.01 Å². The summed E-state index contributed by atoms with van der Waals surface area (Å²) in [7, 11) is 0. The molecule has 1 aromatic heterocycles. The van der Waals surface area contributed by atoms with Crippen molar-refractivity contribution < 1.29 is 14.4 Å². The summed E-state index contributed by atoms with van der Waals surface area (Å²) in [5, 5.41) is 11.8. The fourth-order valence-electron chi connectivity index (χ4n) is 4.12. The second kappa shape index (κ2) is 6.40. The van der Waals surface area contributed by atoms with Gasteiger partial charge in [-0.05, 0) is 32.1 Å². The molecule has 0 unspecified atom stereocenters. The van der Waals surface area contributed by atoms with Gasteiger partial charge in [-0.1, -0.05) is 11.3 Å². The number of rotatable bonds is 4. The average Bonchev–Trinajstić information content (AvgIpc) is 3.09. The molecule has 0 radical (unpaired) electrons. The molecule has 142 valence electrons. The summed E-state index contributed by atoms with van der Waals surface area (Å²) in [5.41, 5.74) is -0.183. The van der Waals surface area contributed by atoms with E-state index in [1.54, 1.807) is 16.4 Å². The highest BCUT2D eigenvalue weighted by molar-refractivity contribution is 7.15. The van der Waals surface area contributed by atoms with Crippen molar-refractivity contribution in [2.45, 2.75) is 37.8 Å². The van der Waals surface area contributed by atoms with Crippen molar-refractivity contribution in [3.63, 3.8) is 0 Å². The van der Waals surface area contributed by atoms with Crippen molar-refractivity contribution in [1.82, 2.24) is 20.2 Å². The first-order valence-corrected chi connectivity index (χ1v) is 10.3. The van der Waals surface area contributed by atoms with Crippen molar-refractivity contribution in [3.8, 4) is 0 Å². The second-order valence-corrected chi connectivity index (χ2v) is 9.13. The van der Waals surface area contributed by atoms with Gasteiger partial charge in [-0.2, -0.15) is 0 Å². The van der Waals surface area contributed by atoms with Crippen LogP contribution in [-0.4, -0.2) is 83.6 Å². The minimum atomic E-state index is -0.211. The highest BCUT2D eigenvalue weighted by atomic mass is 32.1. The van der Waals surface area contributed by atoms with E-state index in [4.69, 9.17) is 9.57 Å². The van der Waals surface area contributed by atoms with Gasteiger partial charge in [-0.25, -0.2) is 5.06 Å². The number of anilines is 1. The van der Waals surface area contributed by atoms with E-state index in [1.807, 2.05) is 6.92 Å². The Balaban J connectivity index is 1.26. The third-order valence-corrected chi connectivity index (χ3v) is 6.60. The maximum absolute atomic E-state index is 12.9. The Labute approximate surface area is 157 Å². The molecule has 4 aliphatic rings. The first-order valence-electron chi connectivity index (χ1n) is 9.49. The summed E-state index contributed by atoms with van der Waals surface area (Å²) < 4.78 is 6.26. The Kier molecular flexibility index (Phi) is 4.15. The fraction of sp³-hybridized carbons (Fsp3) is 0.824. The summed E-state index contributed by atoms with van der Waals surface area (Å²) in [6.45, 7) is 7.21. The van der Waals surface area contributed by atoms with Crippen molar-refractivity contribution in [2.75, 3.05) is 50.8 Å². The van der Waals surface area contributed by atoms with E-state index in [0.29, 0.717) is 19.8 Å². The van der Waals surface area contributed by atoms with Crippen LogP contribution in [0.15, 0.2) is 0 Å². The molecule has 4 heterocycles. The van der Waals surface area contributed by atoms with E-state index in [-0.39, 0.29) is 17.6 Å². The molecule has 3 saturated heterocycles. The summed E-state index contributed by atoms with van der Waals surface area (Å²) in [6, 6.07) is -0.211. The van der Waals surface area contributed by atoms with Gasteiger partial charge in [0.15, 0.2) is 0 Å². The minimum Gasteiger partial charge on any atom is -0.368 e. The van der Waals surface area contributed by atoms with Crippen LogP contribution in [0.4, 0.5) is 5.13 Å². The molecule has 26 heavy (non-hydrogen) atoms. The average molecular weight is 379 g/mol. The second-order valence-electron chi connectivity index (χ2n) is 7.97. The third-order valence-electron chi connectivity index (χ3n) is 5.70. The number of morpholine rings is 1. The van der Waals surface area contributed by atoms with Gasteiger partial charge >= 0.3 is 0 Å². The van der Waals surface area contributed by atoms with Crippen molar-refractivity contribution in [2.24, 2.45) is 5.92 Å². The lowest BCUT2D eigenvalue weighted by molar-refractivity contribution is -0.194. The van der Waals surface area contributed by atoms with Gasteiger partial charge in [0.05, 0.1) is 32.8 Å². The van der Waals surface area contributed by atoms with Crippen LogP contribution in [0.3, 0.4) is 0 Å². The number of amides is 1. The number of hydrogen-bond donors (Lipinski definition) is 0. The Bertz CT molecular complexity index is 682. The molecular weight excluding hydrogens is 354 g/mol. The largest absolute Gasteiger partial charge is 0.368 e. The highest BCUT2D eigenvalue weighted by Gasteiger charge is 2.52. The first kappa shape index (κ1) is 16.9. The number of carbonyl (C=O) groups excluding carboxylic acids is 1. The standard InChI is InChI=1S/C17H25N5O3S/c1-12-18-19-16(26-12)21-10-17(11-21)9-20(7-13-3-4-13)14(8-24-17)15(23)22-5-2-6-25-22/h13-14H,2-11H2,1H3/t14-/m0/s1. The summed E-state index contributed by atoms with van der Waals surface area (Å²) in [6.07, 6.45) is 3.48. The summed E-state index contributed by atoms with van der Waals surface area (Å²) in [5.74, 6) is 0.802. The summed E-state index contributed by atoms with van der Waals surface area (Å²) in [4.78, 5) is 22.9. The monoisotopic (exact) mass is 379 g/mol. The van der Waals surface area contributed by atoms with E-state index < -0.39 is 0 Å². The fourth-order valence-corrected chi connectivity index (χ4v) is 4.80. The van der Waals surface area contributed by atoms with Crippen LogP contribution in [0.2, 0.25) is 0 Å². The van der Waals surface area contributed by atoms with E-state index >= 15 is 0 Å². The van der Waals surface area contributed by atoms with E-state index in [9.17, 15) is 4.79 Å². The van der Waals surface area contributed by atoms with Crippen molar-refractivity contribution >= 4 is 22.4 Å². The Morgan fingerprint density at radius 2 is 2.15 bits per heavy atom. The quantitative estimate of drug-likeness (QED) is 0.762. The molecule has 1 aromatic rings. The predicted molar refractivity (Wildman–Crippen MR) is 95.9 cm³/mol. The van der Waals surface area contributed by atoms with Crippen LogP contribution in [-0.2, 0) is 14.4 Å². The Morgan fingerprint density at radius 1 is 1.31 bits per heavy atom. The lowest BCUT2D eigenvalue weighted by Gasteiger charge is -2.55. The number of carbonyl (C=O) groups is 1. The van der Waals surface area contributed by atoms with Gasteiger partial charge < -0.3 is 9.64 Å². The zero-order valence-corrected chi connectivity index (χ0v) is 15.9. The van der Waals surface area contributed by atoms with E-state index in [1.165, 1.54) is 12.8 Å². The lowest BCUT2D eigenvalue weighted by atomic mass is 9.90. The van der Waals surface area contributed by atoms with E-state index in [2.05, 4.69) is 20.0 Å². The smallest absolute Gasteiger partial charge is 0.265 e. The highest BCUT2D eigenvalue weighted by Crippen LogP contribution is 2.38. The molecule has 0 N–H and O–H groups in total. The molecule has 1 saturated carbocycles. The van der Waals surface area contributed by atoms with Crippen molar-refractivity contribution in [1.29, 1.82) is 0 Å². The zero-order chi connectivity index (χ0) is 17.7. The normalized spacial score (nSPS) is 28.6. The minimum absolute atomic E-state index is 0.0638. The molecule has 1 amide bonds. The van der Waals surface area contributed by atoms with Gasteiger partial charge in [0.25, 0.3) is 5.91 Å². The van der Waals surface area contributed by atoms with Gasteiger partial charge in [-0.3, -0.25) is 14.5 Å². The zero-order valence-electron chi connectivity index (χ0n) is 15.1. The number of aryl methyl sites for hydroxylation is 1. The predicted octanol–water partition coefficient (Wildman–Crippen LogP) is 0.680. The topological polar surface area (TPSA) is 71.0 Å². The molecule has 4 fully saturated rings. The SMILES string of the molecule is Cc1nnc(N2CC3(C2)CN(CC2CC2)[C@H](C(=O)N2CCCO2)CO3)s1. The van der Waals surface area contributed by atoms with Crippen LogP contribution in [0.1, 0.15) is 24.3 Å². The summed E-state index contributed by atoms with van der Waals surface area (Å²) >= 11 is 1.62. The first-order chi connectivity index (χ1) is 12.6. The number of nitrogens with zero attached hydrogens (tertiary/aromatic N) is 5. The molecule has 0 aromatic carbocycles. The molecule has 9 heteroatoms. The molecule has 1 atom stereocenters. The molecule has 1 aliphatic carbocycles. The molecule has 1 spiro atoms. The molecule has 5 rings (SSSR count). The van der Waals surface area contributed by atoms with Crippen LogP contribution < -0.4 is 4.90 Å². The number of aromatic nitrogens is 2. The lowest BCUT2D eigenvalue weighted by Crippen LogP contribution is -2.73. The molecule has 0 bridgehead atoms. The number of hydroxylamine groups is 2. The van der Waals surface area contributed by atoms with Gasteiger partial charge in [0.1, 0.15) is 16.7 Å². The number of hydrogen-bond acceptors (Lipinski definition) is 8. The Hall–Kier alpha value is -1.29. The van der Waals surface area contributed by atoms with Gasteiger partial charge in [0, 0.05) is 13.1 Å². The maximum Gasteiger partial charge on any atom is 0.265 e. The third kappa shape index (κ3) is 3.11. The van der Waals surface area contributed by atoms with Crippen LogP contribution in [0.25, 0.3) is 0 Å². The van der Waals surface area contributed by atoms with Crippen LogP contribution >= 0.6 is 11.3 Å². The number of ether oxygens (including phenoxy) is 1. The van der Waals surface area contributed by atoms with Gasteiger partial charge in [0.2, 0.25) is 5.13 Å². The molecular formula is C17H25N5O3S. The van der Waals surface area contributed by atoms with Crippen LogP contribution in [0.5, 0.6) is 0 Å². The van der Waals surface area contributed by atoms with Gasteiger partial charge in [-0.15, -0.1) is 10.2 Å². The van der Waals surface area contributed by atoms with E-state index in [0.717, 1.165) is 48.7 Å². The molecule has 3 aliphatic heterocycles.